The molecule has 2 aliphatic heterocycles. The highest BCUT2D eigenvalue weighted by Crippen LogP contribution is 2.34. The van der Waals surface area contributed by atoms with Crippen LogP contribution in [0.4, 0.5) is 5.69 Å². The lowest BCUT2D eigenvalue weighted by Gasteiger charge is -2.37. The summed E-state index contributed by atoms with van der Waals surface area (Å²) in [5.74, 6) is 1.05. The van der Waals surface area contributed by atoms with Crippen LogP contribution >= 0.6 is 11.3 Å². The predicted molar refractivity (Wildman–Crippen MR) is 140 cm³/mol. The Balaban J connectivity index is 1.32. The molecule has 0 radical (unpaired) electrons. The van der Waals surface area contributed by atoms with Crippen molar-refractivity contribution in [3.63, 3.8) is 0 Å². The van der Waals surface area contributed by atoms with Gasteiger partial charge in [-0.25, -0.2) is 8.42 Å². The van der Waals surface area contributed by atoms with Crippen molar-refractivity contribution in [3.8, 4) is 5.75 Å². The third-order valence-corrected chi connectivity index (χ3v) is 9.92. The van der Waals surface area contributed by atoms with Crippen molar-refractivity contribution >= 4 is 43.0 Å². The van der Waals surface area contributed by atoms with Crippen LogP contribution in [0.25, 0.3) is 10.1 Å². The number of carbonyl (C=O) groups excluding carboxylic acids is 1. The zero-order valence-electron chi connectivity index (χ0n) is 20.1. The number of piperazine rings is 1. The minimum Gasteiger partial charge on any atom is -0.495 e. The lowest BCUT2D eigenvalue weighted by Crippen LogP contribution is -2.48. The molecule has 0 spiro atoms. The van der Waals surface area contributed by atoms with Crippen molar-refractivity contribution in [2.75, 3.05) is 51.3 Å². The highest BCUT2D eigenvalue weighted by atomic mass is 32.2. The second-order valence-corrected chi connectivity index (χ2v) is 12.4. The Hall–Kier alpha value is -2.62. The summed E-state index contributed by atoms with van der Waals surface area (Å²) < 4.78 is 35.0. The molecular formula is C26H31N3O4S2. The van der Waals surface area contributed by atoms with Gasteiger partial charge in [-0.15, -0.1) is 11.3 Å². The van der Waals surface area contributed by atoms with E-state index in [2.05, 4.69) is 11.8 Å². The Morgan fingerprint density at radius 1 is 1.03 bits per heavy atom. The fourth-order valence-corrected chi connectivity index (χ4v) is 7.63. The lowest BCUT2D eigenvalue weighted by atomic mass is 10.0. The standard InChI is InChI=1S/C26H31N3O4S2/c1-19-6-5-11-29(18-19)35(31,32)21-9-10-23(33-2)22(17-21)27-12-14-28(15-13-27)26(30)25-16-20-7-3-4-8-24(20)34-25/h3-4,7-10,16-17,19H,5-6,11-15,18H2,1-2H3/t19-/m0/s1. The third-order valence-electron chi connectivity index (χ3n) is 6.95. The number of hydrogen-bond donors (Lipinski definition) is 0. The van der Waals surface area contributed by atoms with Crippen molar-refractivity contribution in [3.05, 3.63) is 53.4 Å². The Kier molecular flexibility index (Phi) is 6.74. The molecule has 2 aromatic carbocycles. The van der Waals surface area contributed by atoms with Gasteiger partial charge in [0.1, 0.15) is 5.75 Å². The summed E-state index contributed by atoms with van der Waals surface area (Å²) in [6.45, 7) is 5.57. The van der Waals surface area contributed by atoms with Gasteiger partial charge in [0.2, 0.25) is 10.0 Å². The maximum atomic E-state index is 13.4. The number of amides is 1. The molecule has 2 saturated heterocycles. The summed E-state index contributed by atoms with van der Waals surface area (Å²) in [6, 6.07) is 15.1. The first kappa shape index (κ1) is 24.1. The van der Waals surface area contributed by atoms with Gasteiger partial charge < -0.3 is 14.5 Å². The number of carbonyl (C=O) groups is 1. The maximum absolute atomic E-state index is 13.4. The van der Waals surface area contributed by atoms with Crippen molar-refractivity contribution in [1.29, 1.82) is 0 Å². The van der Waals surface area contributed by atoms with Crippen LogP contribution in [0.15, 0.2) is 53.4 Å². The molecule has 0 aliphatic carbocycles. The number of thiophene rings is 1. The van der Waals surface area contributed by atoms with E-state index < -0.39 is 10.0 Å². The Morgan fingerprint density at radius 3 is 2.51 bits per heavy atom. The number of benzene rings is 2. The molecule has 2 aliphatic rings. The maximum Gasteiger partial charge on any atom is 0.264 e. The largest absolute Gasteiger partial charge is 0.495 e. The molecule has 186 valence electrons. The van der Waals surface area contributed by atoms with Crippen LogP contribution in [-0.4, -0.2) is 69.9 Å². The molecule has 2 fully saturated rings. The number of rotatable bonds is 5. The topological polar surface area (TPSA) is 70.2 Å². The summed E-state index contributed by atoms with van der Waals surface area (Å²) >= 11 is 1.52. The van der Waals surface area contributed by atoms with Gasteiger partial charge in [-0.3, -0.25) is 4.79 Å². The monoisotopic (exact) mass is 513 g/mol. The van der Waals surface area contributed by atoms with Crippen molar-refractivity contribution in [2.45, 2.75) is 24.7 Å². The zero-order chi connectivity index (χ0) is 24.6. The van der Waals surface area contributed by atoms with E-state index >= 15 is 0 Å². The number of fused-ring (bicyclic) bond motifs is 1. The van der Waals surface area contributed by atoms with Crippen molar-refractivity contribution in [1.82, 2.24) is 9.21 Å². The Bertz CT molecular complexity index is 1300. The second kappa shape index (κ2) is 9.79. The Labute approximate surface area is 210 Å². The summed E-state index contributed by atoms with van der Waals surface area (Å²) in [6.07, 6.45) is 1.95. The highest BCUT2D eigenvalue weighted by Gasteiger charge is 2.31. The molecule has 0 saturated carbocycles. The Morgan fingerprint density at radius 2 is 1.80 bits per heavy atom. The van der Waals surface area contributed by atoms with E-state index in [4.69, 9.17) is 4.74 Å². The molecule has 35 heavy (non-hydrogen) atoms. The molecule has 0 unspecified atom stereocenters. The van der Waals surface area contributed by atoms with Gasteiger partial charge in [-0.2, -0.15) is 4.31 Å². The van der Waals surface area contributed by atoms with Crippen LogP contribution < -0.4 is 9.64 Å². The average Bonchev–Trinajstić information content (AvgIpc) is 3.32. The van der Waals surface area contributed by atoms with Crippen molar-refractivity contribution < 1.29 is 17.9 Å². The van der Waals surface area contributed by atoms with Crippen LogP contribution in [0.2, 0.25) is 0 Å². The number of piperidine rings is 1. The van der Waals surface area contributed by atoms with Crippen LogP contribution in [0, 0.1) is 5.92 Å². The molecule has 3 heterocycles. The lowest BCUT2D eigenvalue weighted by molar-refractivity contribution is 0.0751. The first-order valence-electron chi connectivity index (χ1n) is 12.1. The normalized spacial score (nSPS) is 19.8. The number of hydrogen-bond acceptors (Lipinski definition) is 6. The first-order valence-corrected chi connectivity index (χ1v) is 14.3. The molecule has 1 aromatic heterocycles. The number of anilines is 1. The smallest absolute Gasteiger partial charge is 0.264 e. The van der Waals surface area contributed by atoms with Gasteiger partial charge in [0.15, 0.2) is 0 Å². The summed E-state index contributed by atoms with van der Waals surface area (Å²) in [4.78, 5) is 18.2. The molecule has 0 bridgehead atoms. The number of methoxy groups -OCH3 is 1. The van der Waals surface area contributed by atoms with Crippen LogP contribution in [0.3, 0.4) is 0 Å². The molecule has 1 atom stereocenters. The van der Waals surface area contributed by atoms with Gasteiger partial charge in [0.25, 0.3) is 5.91 Å². The van der Waals surface area contributed by atoms with E-state index in [-0.39, 0.29) is 5.91 Å². The SMILES string of the molecule is COc1ccc(S(=O)(=O)N2CCC[C@H](C)C2)cc1N1CCN(C(=O)c2cc3ccccc3s2)CC1. The molecule has 9 heteroatoms. The van der Waals surface area contributed by atoms with Gasteiger partial charge in [0, 0.05) is 44.0 Å². The van der Waals surface area contributed by atoms with Crippen LogP contribution in [-0.2, 0) is 10.0 Å². The van der Waals surface area contributed by atoms with Gasteiger partial charge in [0.05, 0.1) is 22.6 Å². The fourth-order valence-electron chi connectivity index (χ4n) is 4.98. The van der Waals surface area contributed by atoms with E-state index in [9.17, 15) is 13.2 Å². The van der Waals surface area contributed by atoms with E-state index in [1.807, 2.05) is 35.2 Å². The van der Waals surface area contributed by atoms with Crippen molar-refractivity contribution in [2.24, 2.45) is 5.92 Å². The number of nitrogens with zero attached hydrogens (tertiary/aromatic N) is 3. The average molecular weight is 514 g/mol. The van der Waals surface area contributed by atoms with Gasteiger partial charge >= 0.3 is 0 Å². The molecule has 7 nitrogen and oxygen atoms in total. The van der Waals surface area contributed by atoms with E-state index in [1.54, 1.807) is 29.6 Å². The molecule has 5 rings (SSSR count). The summed E-state index contributed by atoms with van der Waals surface area (Å²) in [7, 11) is -1.97. The van der Waals surface area contributed by atoms with Gasteiger partial charge in [-0.1, -0.05) is 25.1 Å². The fraction of sp³-hybridized carbons (Fsp3) is 0.423. The minimum absolute atomic E-state index is 0.0494. The highest BCUT2D eigenvalue weighted by molar-refractivity contribution is 7.89. The second-order valence-electron chi connectivity index (χ2n) is 9.37. The first-order chi connectivity index (χ1) is 16.9. The molecular weight excluding hydrogens is 482 g/mol. The van der Waals surface area contributed by atoms with E-state index in [0.29, 0.717) is 55.8 Å². The van der Waals surface area contributed by atoms with Crippen LogP contribution in [0.1, 0.15) is 29.4 Å². The molecule has 1 amide bonds. The third kappa shape index (κ3) is 4.77. The number of sulfonamides is 1. The summed E-state index contributed by atoms with van der Waals surface area (Å²) in [5, 5.41) is 1.09. The quantitative estimate of drug-likeness (QED) is 0.509. The number of ether oxygens (including phenoxy) is 1. The zero-order valence-corrected chi connectivity index (χ0v) is 21.8. The summed E-state index contributed by atoms with van der Waals surface area (Å²) in [5.41, 5.74) is 0.757. The van der Waals surface area contributed by atoms with E-state index in [0.717, 1.165) is 33.5 Å². The van der Waals surface area contributed by atoms with E-state index in [1.165, 1.54) is 11.3 Å². The van der Waals surface area contributed by atoms with Crippen LogP contribution in [0.5, 0.6) is 5.75 Å². The predicted octanol–water partition coefficient (Wildman–Crippen LogP) is 4.29. The molecule has 0 N–H and O–H groups in total. The van der Waals surface area contributed by atoms with Gasteiger partial charge in [-0.05, 0) is 54.5 Å². The molecule has 3 aromatic rings. The minimum atomic E-state index is -3.57.